The Hall–Kier alpha value is -3.19. The Morgan fingerprint density at radius 3 is 2.62 bits per heavy atom. The highest BCUT2D eigenvalue weighted by Gasteiger charge is 2.19. The van der Waals surface area contributed by atoms with E-state index in [1.54, 1.807) is 18.5 Å². The lowest BCUT2D eigenvalue weighted by atomic mass is 10.1. The normalized spacial score (nSPS) is 13.4. The maximum absolute atomic E-state index is 13.9. The first kappa shape index (κ1) is 19.1. The monoisotopic (exact) mass is 411 g/mol. The Kier molecular flexibility index (Phi) is 5.57. The van der Waals surface area contributed by atoms with E-state index in [0.29, 0.717) is 5.69 Å². The first-order valence-electron chi connectivity index (χ1n) is 9.29. The Morgan fingerprint density at radius 2 is 1.83 bits per heavy atom. The van der Waals surface area contributed by atoms with Gasteiger partial charge >= 0.3 is 6.03 Å². The number of urea groups is 1. The van der Waals surface area contributed by atoms with Crippen molar-refractivity contribution in [2.75, 3.05) is 28.6 Å². The average molecular weight is 412 g/mol. The highest BCUT2D eigenvalue weighted by Crippen LogP contribution is 2.30. The van der Waals surface area contributed by atoms with Crippen LogP contribution in [0, 0.1) is 5.82 Å². The lowest BCUT2D eigenvalue weighted by Crippen LogP contribution is -2.21. The Balaban J connectivity index is 1.53. The third kappa shape index (κ3) is 4.46. The molecule has 3 aromatic rings. The standard InChI is InChI=1S/C21H19ClFN5O/c22-15-6-7-18(17(23)13-15)27-21(29)26-16-5-3-4-14(12-16)19-20(25-9-8-24-19)28-10-1-2-11-28/h3-9,12-13H,1-2,10-11H2,(H2,26,27,29). The zero-order valence-corrected chi connectivity index (χ0v) is 16.3. The van der Waals surface area contributed by atoms with Gasteiger partial charge in [0.25, 0.3) is 0 Å². The zero-order valence-electron chi connectivity index (χ0n) is 15.5. The first-order chi connectivity index (χ1) is 14.1. The molecular formula is C21H19ClFN5O. The number of carbonyl (C=O) groups excluding carboxylic acids is 1. The van der Waals surface area contributed by atoms with E-state index >= 15 is 0 Å². The van der Waals surface area contributed by atoms with Crippen LogP contribution in [-0.2, 0) is 0 Å². The summed E-state index contributed by atoms with van der Waals surface area (Å²) in [7, 11) is 0. The molecule has 2 amide bonds. The molecule has 0 spiro atoms. The molecule has 0 unspecified atom stereocenters. The number of halogens is 2. The smallest absolute Gasteiger partial charge is 0.323 e. The molecule has 1 aliphatic heterocycles. The zero-order chi connectivity index (χ0) is 20.2. The molecule has 1 fully saturated rings. The van der Waals surface area contributed by atoms with Gasteiger partial charge in [-0.25, -0.2) is 14.2 Å². The van der Waals surface area contributed by atoms with Gasteiger partial charge in [-0.3, -0.25) is 4.98 Å². The molecule has 1 aliphatic rings. The van der Waals surface area contributed by atoms with Gasteiger partial charge in [-0.1, -0.05) is 23.7 Å². The molecule has 1 aromatic heterocycles. The van der Waals surface area contributed by atoms with Gasteiger partial charge in [0.05, 0.1) is 5.69 Å². The van der Waals surface area contributed by atoms with Crippen LogP contribution in [0.4, 0.5) is 26.4 Å². The number of aromatic nitrogens is 2. The number of amides is 2. The van der Waals surface area contributed by atoms with E-state index in [-0.39, 0.29) is 10.7 Å². The molecule has 8 heteroatoms. The highest BCUT2D eigenvalue weighted by molar-refractivity contribution is 6.30. The number of nitrogens with zero attached hydrogens (tertiary/aromatic N) is 3. The van der Waals surface area contributed by atoms with Crippen LogP contribution >= 0.6 is 11.6 Å². The Bertz CT molecular complexity index is 1040. The van der Waals surface area contributed by atoms with Crippen molar-refractivity contribution in [3.05, 3.63) is 65.7 Å². The van der Waals surface area contributed by atoms with Crippen LogP contribution in [0.2, 0.25) is 5.02 Å². The van der Waals surface area contributed by atoms with Crippen LogP contribution in [0.5, 0.6) is 0 Å². The topological polar surface area (TPSA) is 70.2 Å². The number of nitrogens with one attached hydrogen (secondary N) is 2. The third-order valence-corrected chi connectivity index (χ3v) is 4.89. The molecule has 29 heavy (non-hydrogen) atoms. The van der Waals surface area contributed by atoms with E-state index in [1.807, 2.05) is 18.2 Å². The van der Waals surface area contributed by atoms with Crippen LogP contribution in [0.15, 0.2) is 54.9 Å². The third-order valence-electron chi connectivity index (χ3n) is 4.66. The number of carbonyl (C=O) groups is 1. The van der Waals surface area contributed by atoms with Gasteiger partial charge in [-0.2, -0.15) is 0 Å². The van der Waals surface area contributed by atoms with E-state index in [9.17, 15) is 9.18 Å². The Labute approximate surface area is 172 Å². The van der Waals surface area contributed by atoms with Crippen molar-refractivity contribution in [1.29, 1.82) is 0 Å². The second-order valence-electron chi connectivity index (χ2n) is 6.71. The van der Waals surface area contributed by atoms with Crippen molar-refractivity contribution >= 4 is 34.8 Å². The molecule has 2 aromatic carbocycles. The van der Waals surface area contributed by atoms with Gasteiger partial charge in [0.15, 0.2) is 5.82 Å². The van der Waals surface area contributed by atoms with E-state index < -0.39 is 11.8 Å². The summed E-state index contributed by atoms with van der Waals surface area (Å²) in [5.74, 6) is 0.242. The van der Waals surface area contributed by atoms with Crippen molar-refractivity contribution in [1.82, 2.24) is 9.97 Å². The molecule has 148 valence electrons. The molecule has 2 heterocycles. The van der Waals surface area contributed by atoms with Crippen molar-refractivity contribution in [3.8, 4) is 11.3 Å². The van der Waals surface area contributed by atoms with Crippen molar-refractivity contribution in [2.24, 2.45) is 0 Å². The predicted octanol–water partition coefficient (Wildman–Crippen LogP) is 5.18. The summed E-state index contributed by atoms with van der Waals surface area (Å²) in [4.78, 5) is 23.5. The van der Waals surface area contributed by atoms with E-state index in [1.165, 1.54) is 12.1 Å². The number of benzene rings is 2. The van der Waals surface area contributed by atoms with E-state index in [0.717, 1.165) is 49.1 Å². The molecule has 1 saturated heterocycles. The molecule has 2 N–H and O–H groups in total. The van der Waals surface area contributed by atoms with Gasteiger partial charge in [0.2, 0.25) is 0 Å². The fraction of sp³-hybridized carbons (Fsp3) is 0.190. The van der Waals surface area contributed by atoms with Crippen LogP contribution in [0.1, 0.15) is 12.8 Å². The van der Waals surface area contributed by atoms with E-state index in [4.69, 9.17) is 11.6 Å². The Morgan fingerprint density at radius 1 is 1.03 bits per heavy atom. The largest absolute Gasteiger partial charge is 0.355 e. The lowest BCUT2D eigenvalue weighted by molar-refractivity contribution is 0.262. The minimum Gasteiger partial charge on any atom is -0.355 e. The van der Waals surface area contributed by atoms with Gasteiger partial charge in [0, 0.05) is 41.8 Å². The molecule has 0 atom stereocenters. The second-order valence-corrected chi connectivity index (χ2v) is 7.14. The number of hydrogen-bond donors (Lipinski definition) is 2. The maximum Gasteiger partial charge on any atom is 0.323 e. The first-order valence-corrected chi connectivity index (χ1v) is 9.67. The summed E-state index contributed by atoms with van der Waals surface area (Å²) in [6.45, 7) is 1.91. The summed E-state index contributed by atoms with van der Waals surface area (Å²) in [6, 6.07) is 10.8. The van der Waals surface area contributed by atoms with Crippen LogP contribution in [0.3, 0.4) is 0 Å². The fourth-order valence-electron chi connectivity index (χ4n) is 3.31. The van der Waals surface area contributed by atoms with Crippen LogP contribution in [-0.4, -0.2) is 29.1 Å². The fourth-order valence-corrected chi connectivity index (χ4v) is 3.47. The lowest BCUT2D eigenvalue weighted by Gasteiger charge is -2.19. The van der Waals surface area contributed by atoms with Crippen LogP contribution < -0.4 is 15.5 Å². The summed E-state index contributed by atoms with van der Waals surface area (Å²) < 4.78 is 13.9. The summed E-state index contributed by atoms with van der Waals surface area (Å²) in [5.41, 5.74) is 2.22. The SMILES string of the molecule is O=C(Nc1cccc(-c2nccnc2N2CCCC2)c1)Nc1ccc(Cl)cc1F. The predicted molar refractivity (Wildman–Crippen MR) is 113 cm³/mol. The quantitative estimate of drug-likeness (QED) is 0.620. The molecule has 0 saturated carbocycles. The molecule has 6 nitrogen and oxygen atoms in total. The van der Waals surface area contributed by atoms with Gasteiger partial charge in [0.1, 0.15) is 11.5 Å². The molecular weight excluding hydrogens is 393 g/mol. The number of anilines is 3. The molecule has 0 radical (unpaired) electrons. The minimum absolute atomic E-state index is 0.0494. The molecule has 0 aliphatic carbocycles. The van der Waals surface area contributed by atoms with Gasteiger partial charge in [-0.15, -0.1) is 0 Å². The highest BCUT2D eigenvalue weighted by atomic mass is 35.5. The van der Waals surface area contributed by atoms with Crippen LogP contribution in [0.25, 0.3) is 11.3 Å². The second kappa shape index (κ2) is 8.45. The van der Waals surface area contributed by atoms with Gasteiger partial charge in [-0.05, 0) is 43.2 Å². The van der Waals surface area contributed by atoms with Crippen molar-refractivity contribution < 1.29 is 9.18 Å². The maximum atomic E-state index is 13.9. The van der Waals surface area contributed by atoms with Gasteiger partial charge < -0.3 is 15.5 Å². The van der Waals surface area contributed by atoms with E-state index in [2.05, 4.69) is 25.5 Å². The number of rotatable bonds is 4. The van der Waals surface area contributed by atoms with Crippen molar-refractivity contribution in [3.63, 3.8) is 0 Å². The average Bonchev–Trinajstić information content (AvgIpc) is 3.25. The number of hydrogen-bond acceptors (Lipinski definition) is 4. The molecule has 4 rings (SSSR count). The summed E-state index contributed by atoms with van der Waals surface area (Å²) in [5, 5.41) is 5.46. The summed E-state index contributed by atoms with van der Waals surface area (Å²) >= 11 is 5.74. The molecule has 0 bridgehead atoms. The summed E-state index contributed by atoms with van der Waals surface area (Å²) in [6.07, 6.45) is 5.62. The minimum atomic E-state index is -0.601. The van der Waals surface area contributed by atoms with Crippen molar-refractivity contribution in [2.45, 2.75) is 12.8 Å².